The quantitative estimate of drug-likeness (QED) is 0.889. The van der Waals surface area contributed by atoms with Gasteiger partial charge in [0, 0.05) is 17.8 Å². The zero-order valence-corrected chi connectivity index (χ0v) is 11.3. The number of aryl methyl sites for hydroxylation is 1. The predicted molar refractivity (Wildman–Crippen MR) is 73.4 cm³/mol. The van der Waals surface area contributed by atoms with E-state index in [1.54, 1.807) is 6.07 Å². The molecule has 3 heteroatoms. The van der Waals surface area contributed by atoms with Gasteiger partial charge in [0.05, 0.1) is 5.56 Å². The lowest BCUT2D eigenvalue weighted by atomic mass is 10.1. The molecule has 3 nitrogen and oxygen atoms in total. The summed E-state index contributed by atoms with van der Waals surface area (Å²) in [5.74, 6) is -0.847. The maximum absolute atomic E-state index is 11.0. The fourth-order valence-corrected chi connectivity index (χ4v) is 2.99. The molecule has 1 aliphatic rings. The minimum Gasteiger partial charge on any atom is -0.478 e. The Kier molecular flexibility index (Phi) is 3.60. The molecule has 0 spiro atoms. The fourth-order valence-electron chi connectivity index (χ4n) is 2.99. The molecule has 1 aromatic carbocycles. The molecule has 0 aromatic heterocycles. The zero-order chi connectivity index (χ0) is 13.3. The Hall–Kier alpha value is -1.51. The lowest BCUT2D eigenvalue weighted by Crippen LogP contribution is -2.34. The van der Waals surface area contributed by atoms with Gasteiger partial charge in [0.1, 0.15) is 0 Å². The van der Waals surface area contributed by atoms with Crippen LogP contribution in [-0.2, 0) is 0 Å². The van der Waals surface area contributed by atoms with Gasteiger partial charge in [-0.1, -0.05) is 6.92 Å². The molecule has 0 bridgehead atoms. The maximum Gasteiger partial charge on any atom is 0.335 e. The van der Waals surface area contributed by atoms with Crippen molar-refractivity contribution < 1.29 is 9.90 Å². The number of anilines is 1. The van der Waals surface area contributed by atoms with Gasteiger partial charge in [-0.3, -0.25) is 0 Å². The van der Waals surface area contributed by atoms with Gasteiger partial charge in [0.15, 0.2) is 0 Å². The van der Waals surface area contributed by atoms with Gasteiger partial charge >= 0.3 is 5.97 Å². The first-order valence-electron chi connectivity index (χ1n) is 6.66. The van der Waals surface area contributed by atoms with Crippen LogP contribution in [0.4, 0.5) is 5.69 Å². The number of carboxylic acid groups (broad SMARTS) is 1. The van der Waals surface area contributed by atoms with E-state index in [1.807, 2.05) is 19.1 Å². The van der Waals surface area contributed by atoms with E-state index in [0.29, 0.717) is 17.6 Å². The van der Waals surface area contributed by atoms with Crippen LogP contribution in [0.15, 0.2) is 18.2 Å². The number of hydrogen-bond acceptors (Lipinski definition) is 2. The Morgan fingerprint density at radius 3 is 2.72 bits per heavy atom. The van der Waals surface area contributed by atoms with Crippen LogP contribution in [0, 0.1) is 6.92 Å². The van der Waals surface area contributed by atoms with Gasteiger partial charge in [0.2, 0.25) is 0 Å². The van der Waals surface area contributed by atoms with E-state index < -0.39 is 5.97 Å². The van der Waals surface area contributed by atoms with Gasteiger partial charge in [-0.25, -0.2) is 4.79 Å². The van der Waals surface area contributed by atoms with Gasteiger partial charge in [-0.2, -0.15) is 0 Å². The molecule has 1 aliphatic heterocycles. The first-order valence-corrected chi connectivity index (χ1v) is 6.66. The largest absolute Gasteiger partial charge is 0.478 e. The number of benzene rings is 1. The summed E-state index contributed by atoms with van der Waals surface area (Å²) >= 11 is 0. The van der Waals surface area contributed by atoms with Crippen molar-refractivity contribution in [2.45, 2.75) is 52.1 Å². The van der Waals surface area contributed by atoms with Crippen LogP contribution in [0.2, 0.25) is 0 Å². The molecule has 0 amide bonds. The lowest BCUT2D eigenvalue weighted by Gasteiger charge is -2.30. The van der Waals surface area contributed by atoms with Crippen molar-refractivity contribution in [2.24, 2.45) is 0 Å². The van der Waals surface area contributed by atoms with Gasteiger partial charge < -0.3 is 10.0 Å². The molecule has 1 N–H and O–H groups in total. The van der Waals surface area contributed by atoms with E-state index in [9.17, 15) is 4.79 Å². The van der Waals surface area contributed by atoms with Crippen molar-refractivity contribution in [1.82, 2.24) is 0 Å². The van der Waals surface area contributed by atoms with Crippen LogP contribution >= 0.6 is 0 Å². The summed E-state index contributed by atoms with van der Waals surface area (Å²) in [7, 11) is 0. The third-order valence-electron chi connectivity index (χ3n) is 4.00. The molecule has 2 rings (SSSR count). The standard InChI is InChI=1S/C15H21NO2/c1-4-12-6-5-11(3)16(12)13-7-8-14(15(17)18)10(2)9-13/h7-9,11-12H,4-6H2,1-3H3,(H,17,18). The number of carboxylic acids is 1. The normalized spacial score (nSPS) is 23.4. The van der Waals surface area contributed by atoms with Crippen LogP contribution < -0.4 is 4.90 Å². The Morgan fingerprint density at radius 2 is 2.17 bits per heavy atom. The molecule has 2 unspecified atom stereocenters. The Labute approximate surface area is 108 Å². The second-order valence-corrected chi connectivity index (χ2v) is 5.20. The number of nitrogens with zero attached hydrogens (tertiary/aromatic N) is 1. The van der Waals surface area contributed by atoms with Gasteiger partial charge in [-0.15, -0.1) is 0 Å². The summed E-state index contributed by atoms with van der Waals surface area (Å²) in [6, 6.07) is 6.82. The highest BCUT2D eigenvalue weighted by Gasteiger charge is 2.29. The lowest BCUT2D eigenvalue weighted by molar-refractivity contribution is 0.0696. The first-order chi connectivity index (χ1) is 8.54. The van der Waals surface area contributed by atoms with E-state index in [4.69, 9.17) is 5.11 Å². The summed E-state index contributed by atoms with van der Waals surface area (Å²) in [5, 5.41) is 9.06. The summed E-state index contributed by atoms with van der Waals surface area (Å²) in [6.45, 7) is 6.33. The Morgan fingerprint density at radius 1 is 1.44 bits per heavy atom. The monoisotopic (exact) mass is 247 g/mol. The average molecular weight is 247 g/mol. The number of hydrogen-bond donors (Lipinski definition) is 1. The molecule has 0 aliphatic carbocycles. The number of rotatable bonds is 3. The maximum atomic E-state index is 11.0. The third-order valence-corrected chi connectivity index (χ3v) is 4.00. The van der Waals surface area contributed by atoms with Crippen molar-refractivity contribution in [3.05, 3.63) is 29.3 Å². The van der Waals surface area contributed by atoms with Crippen LogP contribution in [0.3, 0.4) is 0 Å². The summed E-state index contributed by atoms with van der Waals surface area (Å²) in [6.07, 6.45) is 3.60. The van der Waals surface area contributed by atoms with Crippen molar-refractivity contribution in [2.75, 3.05) is 4.90 Å². The summed E-state index contributed by atoms with van der Waals surface area (Å²) in [4.78, 5) is 13.5. The highest BCUT2D eigenvalue weighted by molar-refractivity contribution is 5.90. The topological polar surface area (TPSA) is 40.5 Å². The first kappa shape index (κ1) is 12.9. The summed E-state index contributed by atoms with van der Waals surface area (Å²) < 4.78 is 0. The van der Waals surface area contributed by atoms with Crippen LogP contribution in [0.5, 0.6) is 0 Å². The molecular weight excluding hydrogens is 226 g/mol. The predicted octanol–water partition coefficient (Wildman–Crippen LogP) is 3.46. The third kappa shape index (κ3) is 2.22. The number of aromatic carboxylic acids is 1. The van der Waals surface area contributed by atoms with Crippen molar-refractivity contribution in [3.63, 3.8) is 0 Å². The van der Waals surface area contributed by atoms with Gasteiger partial charge in [0.25, 0.3) is 0 Å². The number of carbonyl (C=O) groups is 1. The van der Waals surface area contributed by atoms with E-state index in [0.717, 1.165) is 17.7 Å². The fraction of sp³-hybridized carbons (Fsp3) is 0.533. The second-order valence-electron chi connectivity index (χ2n) is 5.20. The molecule has 0 saturated carbocycles. The van der Waals surface area contributed by atoms with E-state index in [1.165, 1.54) is 12.8 Å². The minimum atomic E-state index is -0.847. The molecule has 1 fully saturated rings. The van der Waals surface area contributed by atoms with Crippen molar-refractivity contribution >= 4 is 11.7 Å². The molecule has 1 saturated heterocycles. The Bertz CT molecular complexity index is 456. The minimum absolute atomic E-state index is 0.402. The zero-order valence-electron chi connectivity index (χ0n) is 11.3. The van der Waals surface area contributed by atoms with Crippen molar-refractivity contribution in [1.29, 1.82) is 0 Å². The Balaban J connectivity index is 2.33. The molecular formula is C15H21NO2. The molecule has 18 heavy (non-hydrogen) atoms. The molecule has 0 radical (unpaired) electrons. The SMILES string of the molecule is CCC1CCC(C)N1c1ccc(C(=O)O)c(C)c1. The van der Waals surface area contributed by atoms with Gasteiger partial charge in [-0.05, 0) is 56.9 Å². The highest BCUT2D eigenvalue weighted by Crippen LogP contribution is 2.32. The van der Waals surface area contributed by atoms with Crippen LogP contribution in [0.1, 0.15) is 49.0 Å². The average Bonchev–Trinajstić information content (AvgIpc) is 2.69. The molecule has 1 aromatic rings. The van der Waals surface area contributed by atoms with E-state index in [2.05, 4.69) is 18.7 Å². The van der Waals surface area contributed by atoms with E-state index >= 15 is 0 Å². The smallest absolute Gasteiger partial charge is 0.335 e. The molecule has 98 valence electrons. The molecule has 2 atom stereocenters. The summed E-state index contributed by atoms with van der Waals surface area (Å²) in [5.41, 5.74) is 2.40. The van der Waals surface area contributed by atoms with Crippen LogP contribution in [-0.4, -0.2) is 23.2 Å². The van der Waals surface area contributed by atoms with Crippen LogP contribution in [0.25, 0.3) is 0 Å². The van der Waals surface area contributed by atoms with E-state index in [-0.39, 0.29) is 0 Å². The molecule has 1 heterocycles. The highest BCUT2D eigenvalue weighted by atomic mass is 16.4. The van der Waals surface area contributed by atoms with Crippen molar-refractivity contribution in [3.8, 4) is 0 Å². The second kappa shape index (κ2) is 5.01.